The molecule has 0 bridgehead atoms. The van der Waals surface area contributed by atoms with Crippen molar-refractivity contribution in [2.75, 3.05) is 10.8 Å². The van der Waals surface area contributed by atoms with Gasteiger partial charge < -0.3 is 10.2 Å². The molecule has 7 nitrogen and oxygen atoms in total. The number of sulfonamides is 1. The minimum Gasteiger partial charge on any atom is -0.352 e. The van der Waals surface area contributed by atoms with Crippen molar-refractivity contribution in [2.24, 2.45) is 0 Å². The van der Waals surface area contributed by atoms with E-state index in [0.29, 0.717) is 22.7 Å². The zero-order valence-electron chi connectivity index (χ0n) is 23.7. The number of halogens is 1. The number of carbonyl (C=O) groups is 2. The minimum absolute atomic E-state index is 0.0498. The summed E-state index contributed by atoms with van der Waals surface area (Å²) in [6, 6.07) is 19.8. The van der Waals surface area contributed by atoms with E-state index in [2.05, 4.69) is 5.32 Å². The SMILES string of the molecule is CCC(C)NC(=O)C(CC)N(Cc1ccc(C)cc1)C(=O)CN(c1cc(Cl)ccc1C)S(=O)(=O)c1ccccc1. The molecule has 0 saturated carbocycles. The van der Waals surface area contributed by atoms with Crippen molar-refractivity contribution in [1.29, 1.82) is 0 Å². The largest absolute Gasteiger partial charge is 0.352 e. The summed E-state index contributed by atoms with van der Waals surface area (Å²) >= 11 is 6.28. The van der Waals surface area contributed by atoms with Crippen LogP contribution in [0.15, 0.2) is 77.7 Å². The molecule has 0 aliphatic heterocycles. The van der Waals surface area contributed by atoms with Crippen molar-refractivity contribution in [2.45, 2.75) is 71.0 Å². The Morgan fingerprint density at radius 2 is 1.57 bits per heavy atom. The Kier molecular flexibility index (Phi) is 10.8. The molecule has 3 aromatic rings. The smallest absolute Gasteiger partial charge is 0.264 e. The fourth-order valence-corrected chi connectivity index (χ4v) is 5.99. The number of anilines is 1. The van der Waals surface area contributed by atoms with Gasteiger partial charge in [0.25, 0.3) is 10.0 Å². The van der Waals surface area contributed by atoms with Crippen LogP contribution in [0.2, 0.25) is 5.02 Å². The van der Waals surface area contributed by atoms with Crippen LogP contribution in [0.1, 0.15) is 50.3 Å². The second-order valence-electron chi connectivity index (χ2n) is 10.0. The molecule has 2 unspecified atom stereocenters. The van der Waals surface area contributed by atoms with Crippen LogP contribution in [0.3, 0.4) is 0 Å². The highest BCUT2D eigenvalue weighted by atomic mass is 35.5. The number of rotatable bonds is 12. The molecular weight excluding hydrogens is 546 g/mol. The Morgan fingerprint density at radius 3 is 2.17 bits per heavy atom. The van der Waals surface area contributed by atoms with Crippen LogP contribution in [0.5, 0.6) is 0 Å². The summed E-state index contributed by atoms with van der Waals surface area (Å²) in [5, 5.41) is 3.33. The van der Waals surface area contributed by atoms with Gasteiger partial charge in [-0.25, -0.2) is 8.42 Å². The second-order valence-corrected chi connectivity index (χ2v) is 12.3. The Labute approximate surface area is 243 Å². The molecule has 0 aliphatic rings. The first-order valence-electron chi connectivity index (χ1n) is 13.5. The summed E-state index contributed by atoms with van der Waals surface area (Å²) in [6.45, 7) is 9.11. The van der Waals surface area contributed by atoms with Gasteiger partial charge in [-0.3, -0.25) is 13.9 Å². The Hall–Kier alpha value is -3.36. The molecule has 2 atom stereocenters. The second kappa shape index (κ2) is 13.8. The molecule has 0 spiro atoms. The van der Waals surface area contributed by atoms with Crippen LogP contribution in [0, 0.1) is 13.8 Å². The van der Waals surface area contributed by atoms with Crippen LogP contribution >= 0.6 is 11.6 Å². The molecular formula is C31H38ClN3O4S. The number of carbonyl (C=O) groups excluding carboxylic acids is 2. The molecule has 2 amide bonds. The monoisotopic (exact) mass is 583 g/mol. The van der Waals surface area contributed by atoms with E-state index in [1.807, 2.05) is 52.0 Å². The van der Waals surface area contributed by atoms with E-state index in [4.69, 9.17) is 11.6 Å². The lowest BCUT2D eigenvalue weighted by Crippen LogP contribution is -2.53. The van der Waals surface area contributed by atoms with Gasteiger partial charge in [-0.1, -0.05) is 79.5 Å². The van der Waals surface area contributed by atoms with Gasteiger partial charge in [-0.15, -0.1) is 0 Å². The number of nitrogens with zero attached hydrogens (tertiary/aromatic N) is 2. The summed E-state index contributed by atoms with van der Waals surface area (Å²) in [5.41, 5.74) is 2.85. The highest BCUT2D eigenvalue weighted by Gasteiger charge is 2.34. The standard InChI is InChI=1S/C31H38ClN3O4S/c1-6-24(5)33-31(37)28(7-2)34(20-25-16-13-22(3)14-17-25)30(36)21-35(29-19-26(32)18-15-23(29)4)40(38,39)27-11-9-8-10-12-27/h8-19,24,28H,6-7,20-21H2,1-5H3,(H,33,37). The Balaban J connectivity index is 2.08. The lowest BCUT2D eigenvalue weighted by molar-refractivity contribution is -0.140. The highest BCUT2D eigenvalue weighted by Crippen LogP contribution is 2.30. The van der Waals surface area contributed by atoms with Gasteiger partial charge in [0.05, 0.1) is 10.6 Å². The molecule has 0 heterocycles. The first-order valence-corrected chi connectivity index (χ1v) is 15.3. The number of hydrogen-bond donors (Lipinski definition) is 1. The third-order valence-electron chi connectivity index (χ3n) is 6.91. The van der Waals surface area contributed by atoms with Gasteiger partial charge in [-0.2, -0.15) is 0 Å². The average Bonchev–Trinajstić information content (AvgIpc) is 2.94. The maximum Gasteiger partial charge on any atom is 0.264 e. The third-order valence-corrected chi connectivity index (χ3v) is 8.92. The van der Waals surface area contributed by atoms with Crippen LogP contribution < -0.4 is 9.62 Å². The molecule has 0 aliphatic carbocycles. The van der Waals surface area contributed by atoms with Crippen molar-refractivity contribution >= 4 is 39.1 Å². The average molecular weight is 584 g/mol. The van der Waals surface area contributed by atoms with Crippen molar-refractivity contribution < 1.29 is 18.0 Å². The normalized spacial score (nSPS) is 12.8. The Morgan fingerprint density at radius 1 is 0.925 bits per heavy atom. The van der Waals surface area contributed by atoms with E-state index in [0.717, 1.165) is 21.9 Å². The summed E-state index contributed by atoms with van der Waals surface area (Å²) in [4.78, 5) is 29.0. The lowest BCUT2D eigenvalue weighted by Gasteiger charge is -2.34. The number of benzene rings is 3. The van der Waals surface area contributed by atoms with Crippen LogP contribution in [0.25, 0.3) is 0 Å². The van der Waals surface area contributed by atoms with Crippen molar-refractivity contribution in [1.82, 2.24) is 10.2 Å². The van der Waals surface area contributed by atoms with E-state index in [-0.39, 0.29) is 23.4 Å². The molecule has 9 heteroatoms. The molecule has 0 saturated heterocycles. The lowest BCUT2D eigenvalue weighted by atomic mass is 10.1. The van der Waals surface area contributed by atoms with Crippen LogP contribution in [0.4, 0.5) is 5.69 Å². The molecule has 0 aromatic heterocycles. The van der Waals surface area contributed by atoms with E-state index in [9.17, 15) is 18.0 Å². The van der Waals surface area contributed by atoms with E-state index < -0.39 is 28.5 Å². The molecule has 40 heavy (non-hydrogen) atoms. The summed E-state index contributed by atoms with van der Waals surface area (Å²) in [7, 11) is -4.15. The summed E-state index contributed by atoms with van der Waals surface area (Å²) in [5.74, 6) is -0.765. The maximum atomic E-state index is 14.1. The fourth-order valence-electron chi connectivity index (χ4n) is 4.34. The van der Waals surface area contributed by atoms with Crippen molar-refractivity contribution in [3.63, 3.8) is 0 Å². The maximum absolute atomic E-state index is 14.1. The molecule has 214 valence electrons. The molecule has 3 rings (SSSR count). The van der Waals surface area contributed by atoms with E-state index in [1.54, 1.807) is 43.3 Å². The van der Waals surface area contributed by atoms with Gasteiger partial charge in [0.15, 0.2) is 0 Å². The van der Waals surface area contributed by atoms with Gasteiger partial charge in [0.2, 0.25) is 11.8 Å². The van der Waals surface area contributed by atoms with Crippen LogP contribution in [-0.4, -0.2) is 43.8 Å². The van der Waals surface area contributed by atoms with Crippen LogP contribution in [-0.2, 0) is 26.2 Å². The highest BCUT2D eigenvalue weighted by molar-refractivity contribution is 7.92. The predicted octanol–water partition coefficient (Wildman–Crippen LogP) is 5.87. The fraction of sp³-hybridized carbons (Fsp3) is 0.355. The van der Waals surface area contributed by atoms with Crippen molar-refractivity contribution in [3.8, 4) is 0 Å². The van der Waals surface area contributed by atoms with Crippen molar-refractivity contribution in [3.05, 3.63) is 94.5 Å². The molecule has 3 aromatic carbocycles. The quantitative estimate of drug-likeness (QED) is 0.289. The minimum atomic E-state index is -4.15. The zero-order chi connectivity index (χ0) is 29.4. The first kappa shape index (κ1) is 31.2. The van der Waals surface area contributed by atoms with Gasteiger partial charge in [0.1, 0.15) is 12.6 Å². The first-order chi connectivity index (χ1) is 19.0. The zero-order valence-corrected chi connectivity index (χ0v) is 25.3. The number of hydrogen-bond acceptors (Lipinski definition) is 4. The number of amides is 2. The summed E-state index contributed by atoms with van der Waals surface area (Å²) < 4.78 is 29.0. The van der Waals surface area contributed by atoms with E-state index >= 15 is 0 Å². The topological polar surface area (TPSA) is 86.8 Å². The third kappa shape index (κ3) is 7.64. The molecule has 0 fully saturated rings. The van der Waals surface area contributed by atoms with E-state index in [1.165, 1.54) is 17.0 Å². The van der Waals surface area contributed by atoms with Gasteiger partial charge in [0, 0.05) is 17.6 Å². The summed E-state index contributed by atoms with van der Waals surface area (Å²) in [6.07, 6.45) is 1.10. The Bertz CT molecular complexity index is 1410. The van der Waals surface area contributed by atoms with Gasteiger partial charge >= 0.3 is 0 Å². The number of aryl methyl sites for hydroxylation is 2. The molecule has 0 radical (unpaired) electrons. The van der Waals surface area contributed by atoms with Gasteiger partial charge in [-0.05, 0) is 69.0 Å². The number of nitrogens with one attached hydrogen (secondary N) is 1. The predicted molar refractivity (Wildman–Crippen MR) is 161 cm³/mol. The molecule has 1 N–H and O–H groups in total.